The van der Waals surface area contributed by atoms with Gasteiger partial charge in [0.15, 0.2) is 0 Å². The number of halogens is 4. The highest BCUT2D eigenvalue weighted by atomic mass is 35.5. The smallest absolute Gasteiger partial charge is 0.302 e. The lowest BCUT2D eigenvalue weighted by Crippen LogP contribution is -2.33. The molecule has 1 aromatic heterocycles. The summed E-state index contributed by atoms with van der Waals surface area (Å²) in [6.45, 7) is 1.90. The van der Waals surface area contributed by atoms with Gasteiger partial charge in [-0.3, -0.25) is 0 Å². The summed E-state index contributed by atoms with van der Waals surface area (Å²) < 4.78 is 37.9. The van der Waals surface area contributed by atoms with Gasteiger partial charge in [0.2, 0.25) is 0 Å². The molecule has 0 aromatic carbocycles. The number of hydrogen-bond acceptors (Lipinski definition) is 2. The van der Waals surface area contributed by atoms with Crippen molar-refractivity contribution in [3.05, 3.63) is 21.3 Å². The molecule has 0 aliphatic heterocycles. The van der Waals surface area contributed by atoms with Crippen LogP contribution in [0.15, 0.2) is 12.1 Å². The number of rotatable bonds is 3. The second kappa shape index (κ2) is 4.51. The minimum absolute atomic E-state index is 0.198. The molecular weight excluding hydrogens is 235 g/mol. The Morgan fingerprint density at radius 2 is 2.14 bits per heavy atom. The lowest BCUT2D eigenvalue weighted by Gasteiger charge is -2.19. The minimum Gasteiger partial charge on any atom is -0.302 e. The third-order valence-corrected chi connectivity index (χ3v) is 2.91. The summed E-state index contributed by atoms with van der Waals surface area (Å²) in [5.74, 6) is 0. The van der Waals surface area contributed by atoms with E-state index in [1.54, 1.807) is 6.92 Å². The number of hydrogen-bond donors (Lipinski definition) is 1. The SMILES string of the molecule is CCNC(c1ccc(Cl)s1)C(F)(F)F. The highest BCUT2D eigenvalue weighted by Gasteiger charge is 2.40. The molecule has 14 heavy (non-hydrogen) atoms. The Labute approximate surface area is 88.9 Å². The van der Waals surface area contributed by atoms with Crippen LogP contribution < -0.4 is 5.32 Å². The van der Waals surface area contributed by atoms with Gasteiger partial charge in [0.25, 0.3) is 0 Å². The second-order valence-electron chi connectivity index (χ2n) is 2.67. The summed E-state index contributed by atoms with van der Waals surface area (Å²) in [4.78, 5) is 0.198. The molecule has 0 saturated carbocycles. The maximum Gasteiger partial charge on any atom is 0.408 e. The highest BCUT2D eigenvalue weighted by Crippen LogP contribution is 2.37. The van der Waals surface area contributed by atoms with Crippen molar-refractivity contribution in [1.29, 1.82) is 0 Å². The molecular formula is C8H9ClF3NS. The van der Waals surface area contributed by atoms with Gasteiger partial charge >= 0.3 is 6.18 Å². The molecule has 1 N–H and O–H groups in total. The fourth-order valence-corrected chi connectivity index (χ4v) is 2.23. The molecule has 1 aromatic rings. The van der Waals surface area contributed by atoms with Crippen LogP contribution in [0.2, 0.25) is 4.34 Å². The van der Waals surface area contributed by atoms with Gasteiger partial charge in [0.1, 0.15) is 6.04 Å². The van der Waals surface area contributed by atoms with Crippen LogP contribution in [0.25, 0.3) is 0 Å². The number of thiophene rings is 1. The lowest BCUT2D eigenvalue weighted by molar-refractivity contribution is -0.156. The molecule has 0 aliphatic rings. The topological polar surface area (TPSA) is 12.0 Å². The van der Waals surface area contributed by atoms with Crippen LogP contribution in [-0.4, -0.2) is 12.7 Å². The average Bonchev–Trinajstić information content (AvgIpc) is 2.45. The predicted molar refractivity (Wildman–Crippen MR) is 51.8 cm³/mol. The fourth-order valence-electron chi connectivity index (χ4n) is 1.07. The van der Waals surface area contributed by atoms with E-state index in [0.717, 1.165) is 11.3 Å². The Morgan fingerprint density at radius 1 is 1.50 bits per heavy atom. The summed E-state index contributed by atoms with van der Waals surface area (Å²) in [6.07, 6.45) is -4.27. The normalized spacial score (nSPS) is 14.4. The van der Waals surface area contributed by atoms with Crippen molar-refractivity contribution in [2.75, 3.05) is 6.54 Å². The van der Waals surface area contributed by atoms with E-state index >= 15 is 0 Å². The second-order valence-corrected chi connectivity index (χ2v) is 4.42. The molecule has 1 unspecified atom stereocenters. The van der Waals surface area contributed by atoms with E-state index in [2.05, 4.69) is 5.32 Å². The Kier molecular flexibility index (Phi) is 3.80. The molecule has 80 valence electrons. The molecule has 0 saturated heterocycles. The molecule has 0 spiro atoms. The minimum atomic E-state index is -4.27. The van der Waals surface area contributed by atoms with E-state index in [1.165, 1.54) is 12.1 Å². The molecule has 0 aliphatic carbocycles. The van der Waals surface area contributed by atoms with Gasteiger partial charge in [-0.15, -0.1) is 11.3 Å². The van der Waals surface area contributed by atoms with Crippen molar-refractivity contribution >= 4 is 22.9 Å². The number of nitrogens with one attached hydrogen (secondary N) is 1. The van der Waals surface area contributed by atoms with Crippen LogP contribution in [0.4, 0.5) is 13.2 Å². The molecule has 0 radical (unpaired) electrons. The van der Waals surface area contributed by atoms with Crippen molar-refractivity contribution in [2.45, 2.75) is 19.1 Å². The fraction of sp³-hybridized carbons (Fsp3) is 0.500. The zero-order valence-corrected chi connectivity index (χ0v) is 8.93. The summed E-state index contributed by atoms with van der Waals surface area (Å²) >= 11 is 6.52. The molecule has 1 rings (SSSR count). The first-order valence-corrected chi connectivity index (χ1v) is 5.20. The molecule has 6 heteroatoms. The Balaban J connectivity index is 2.88. The van der Waals surface area contributed by atoms with Crippen LogP contribution in [0.5, 0.6) is 0 Å². The maximum atomic E-state index is 12.5. The van der Waals surface area contributed by atoms with Gasteiger partial charge in [0.05, 0.1) is 4.34 Å². The number of alkyl halides is 3. The molecule has 0 fully saturated rings. The first-order valence-electron chi connectivity index (χ1n) is 4.00. The quantitative estimate of drug-likeness (QED) is 0.855. The van der Waals surface area contributed by atoms with E-state index in [0.29, 0.717) is 4.34 Å². The Bertz CT molecular complexity index is 297. The third-order valence-electron chi connectivity index (χ3n) is 1.61. The van der Waals surface area contributed by atoms with Gasteiger partial charge < -0.3 is 5.32 Å². The molecule has 1 heterocycles. The largest absolute Gasteiger partial charge is 0.408 e. The first-order chi connectivity index (χ1) is 6.45. The molecule has 0 amide bonds. The van der Waals surface area contributed by atoms with E-state index in [1.807, 2.05) is 0 Å². The van der Waals surface area contributed by atoms with Gasteiger partial charge in [-0.2, -0.15) is 13.2 Å². The highest BCUT2D eigenvalue weighted by molar-refractivity contribution is 7.16. The zero-order chi connectivity index (χ0) is 10.8. The summed E-state index contributed by atoms with van der Waals surface area (Å²) in [6, 6.07) is 1.26. The lowest BCUT2D eigenvalue weighted by atomic mass is 10.2. The van der Waals surface area contributed by atoms with Crippen LogP contribution >= 0.6 is 22.9 Å². The van der Waals surface area contributed by atoms with Gasteiger partial charge in [-0.1, -0.05) is 18.5 Å². The van der Waals surface area contributed by atoms with Gasteiger partial charge in [-0.25, -0.2) is 0 Å². The zero-order valence-electron chi connectivity index (χ0n) is 7.36. The summed E-state index contributed by atoms with van der Waals surface area (Å²) in [5.41, 5.74) is 0. The maximum absolute atomic E-state index is 12.5. The van der Waals surface area contributed by atoms with Crippen molar-refractivity contribution in [1.82, 2.24) is 5.32 Å². The van der Waals surface area contributed by atoms with E-state index in [9.17, 15) is 13.2 Å². The molecule has 1 nitrogen and oxygen atoms in total. The third kappa shape index (κ3) is 2.87. The summed E-state index contributed by atoms with van der Waals surface area (Å²) in [5, 5.41) is 2.38. The van der Waals surface area contributed by atoms with Crippen molar-refractivity contribution < 1.29 is 13.2 Å². The van der Waals surface area contributed by atoms with Gasteiger partial charge in [0, 0.05) is 4.88 Å². The molecule has 0 bridgehead atoms. The van der Waals surface area contributed by atoms with Crippen LogP contribution in [-0.2, 0) is 0 Å². The van der Waals surface area contributed by atoms with E-state index in [4.69, 9.17) is 11.6 Å². The average molecular weight is 244 g/mol. The van der Waals surface area contributed by atoms with Crippen LogP contribution in [0.1, 0.15) is 17.8 Å². The Hall–Kier alpha value is -0.260. The van der Waals surface area contributed by atoms with Crippen LogP contribution in [0, 0.1) is 0 Å². The standard InChI is InChI=1S/C8H9ClF3NS/c1-2-13-7(8(10,11)12)5-3-4-6(9)14-5/h3-4,7,13H,2H2,1H3. The van der Waals surface area contributed by atoms with Crippen molar-refractivity contribution in [2.24, 2.45) is 0 Å². The monoisotopic (exact) mass is 243 g/mol. The van der Waals surface area contributed by atoms with Gasteiger partial charge in [-0.05, 0) is 18.7 Å². The Morgan fingerprint density at radius 3 is 2.50 bits per heavy atom. The van der Waals surface area contributed by atoms with Crippen molar-refractivity contribution in [3.63, 3.8) is 0 Å². The molecule has 1 atom stereocenters. The first kappa shape index (κ1) is 11.8. The predicted octanol–water partition coefficient (Wildman–Crippen LogP) is 3.61. The summed E-state index contributed by atoms with van der Waals surface area (Å²) in [7, 11) is 0. The van der Waals surface area contributed by atoms with Crippen molar-refractivity contribution in [3.8, 4) is 0 Å². The van der Waals surface area contributed by atoms with E-state index in [-0.39, 0.29) is 11.4 Å². The van der Waals surface area contributed by atoms with E-state index < -0.39 is 12.2 Å². The van der Waals surface area contributed by atoms with Crippen LogP contribution in [0.3, 0.4) is 0 Å².